The molecule has 2 heterocycles. The molecule has 6 heteroatoms. The number of carbonyl (C=O) groups excluding carboxylic acids is 1. The van der Waals surface area contributed by atoms with Crippen molar-refractivity contribution in [3.05, 3.63) is 41.9 Å². The van der Waals surface area contributed by atoms with Gasteiger partial charge in [-0.3, -0.25) is 4.79 Å². The first kappa shape index (κ1) is 16.8. The SMILES string of the molecule is Cc1nc(NC2CC2)cc(C(=O)Nc2ccc(N3CCCCC3)cc2)n1. The lowest BCUT2D eigenvalue weighted by Crippen LogP contribution is -2.29. The van der Waals surface area contributed by atoms with Crippen LogP contribution in [0, 0.1) is 6.92 Å². The Labute approximate surface area is 154 Å². The average Bonchev–Trinajstić information content (AvgIpc) is 3.46. The molecule has 136 valence electrons. The number of aryl methyl sites for hydroxylation is 1. The Morgan fingerprint density at radius 2 is 1.81 bits per heavy atom. The molecule has 26 heavy (non-hydrogen) atoms. The molecule has 2 aromatic rings. The summed E-state index contributed by atoms with van der Waals surface area (Å²) in [7, 11) is 0. The molecular formula is C20H25N5O. The lowest BCUT2D eigenvalue weighted by molar-refractivity contribution is 0.102. The van der Waals surface area contributed by atoms with E-state index >= 15 is 0 Å². The van der Waals surface area contributed by atoms with E-state index in [4.69, 9.17) is 0 Å². The minimum Gasteiger partial charge on any atom is -0.372 e. The Bertz CT molecular complexity index is 779. The van der Waals surface area contributed by atoms with Crippen molar-refractivity contribution in [1.82, 2.24) is 9.97 Å². The first-order valence-corrected chi connectivity index (χ1v) is 9.46. The summed E-state index contributed by atoms with van der Waals surface area (Å²) in [5.74, 6) is 1.12. The highest BCUT2D eigenvalue weighted by Gasteiger charge is 2.22. The topological polar surface area (TPSA) is 70.2 Å². The molecule has 1 aliphatic heterocycles. The Hall–Kier alpha value is -2.63. The molecule has 0 spiro atoms. The molecule has 1 aliphatic carbocycles. The highest BCUT2D eigenvalue weighted by atomic mass is 16.1. The second-order valence-electron chi connectivity index (χ2n) is 7.15. The fourth-order valence-electron chi connectivity index (χ4n) is 3.30. The average molecular weight is 351 g/mol. The standard InChI is InChI=1S/C20H25N5O/c1-14-21-18(13-19(22-14)23-15-5-6-15)20(26)24-16-7-9-17(10-8-16)25-11-3-2-4-12-25/h7-10,13,15H,2-6,11-12H2,1H3,(H,24,26)(H,21,22,23). The van der Waals surface area contributed by atoms with E-state index in [0.29, 0.717) is 17.6 Å². The Balaban J connectivity index is 1.43. The Morgan fingerprint density at radius 1 is 1.08 bits per heavy atom. The van der Waals surface area contributed by atoms with Crippen molar-refractivity contribution in [3.8, 4) is 0 Å². The van der Waals surface area contributed by atoms with Crippen LogP contribution in [0.3, 0.4) is 0 Å². The van der Waals surface area contributed by atoms with E-state index in [-0.39, 0.29) is 5.91 Å². The number of aromatic nitrogens is 2. The fourth-order valence-corrected chi connectivity index (χ4v) is 3.30. The van der Waals surface area contributed by atoms with Crippen molar-refractivity contribution in [1.29, 1.82) is 0 Å². The van der Waals surface area contributed by atoms with Gasteiger partial charge in [-0.1, -0.05) is 0 Å². The van der Waals surface area contributed by atoms with E-state index in [1.807, 2.05) is 19.1 Å². The van der Waals surface area contributed by atoms with E-state index in [2.05, 4.69) is 37.6 Å². The van der Waals surface area contributed by atoms with Gasteiger partial charge in [0, 0.05) is 36.6 Å². The van der Waals surface area contributed by atoms with Gasteiger partial charge in [0.15, 0.2) is 0 Å². The molecule has 6 nitrogen and oxygen atoms in total. The molecule has 2 fully saturated rings. The van der Waals surface area contributed by atoms with Crippen LogP contribution in [-0.2, 0) is 0 Å². The summed E-state index contributed by atoms with van der Waals surface area (Å²) in [6.45, 7) is 4.04. The number of nitrogens with zero attached hydrogens (tertiary/aromatic N) is 3. The van der Waals surface area contributed by atoms with Gasteiger partial charge in [0.25, 0.3) is 5.91 Å². The van der Waals surface area contributed by atoms with E-state index < -0.39 is 0 Å². The molecule has 0 unspecified atom stereocenters. The largest absolute Gasteiger partial charge is 0.372 e. The maximum atomic E-state index is 12.6. The third-order valence-corrected chi connectivity index (χ3v) is 4.85. The third kappa shape index (κ3) is 4.12. The molecule has 0 radical (unpaired) electrons. The first-order valence-electron chi connectivity index (χ1n) is 9.46. The molecule has 1 aromatic carbocycles. The van der Waals surface area contributed by atoms with Crippen LogP contribution in [0.2, 0.25) is 0 Å². The molecule has 0 bridgehead atoms. The molecule has 4 rings (SSSR count). The maximum absolute atomic E-state index is 12.6. The highest BCUT2D eigenvalue weighted by molar-refractivity contribution is 6.03. The van der Waals surface area contributed by atoms with Crippen LogP contribution in [0.15, 0.2) is 30.3 Å². The number of hydrogen-bond acceptors (Lipinski definition) is 5. The van der Waals surface area contributed by atoms with Crippen LogP contribution in [0.1, 0.15) is 48.4 Å². The number of benzene rings is 1. The predicted octanol–water partition coefficient (Wildman–Crippen LogP) is 3.60. The number of carbonyl (C=O) groups is 1. The van der Waals surface area contributed by atoms with Crippen LogP contribution >= 0.6 is 0 Å². The van der Waals surface area contributed by atoms with E-state index in [0.717, 1.165) is 37.4 Å². The second kappa shape index (κ2) is 7.32. The summed E-state index contributed by atoms with van der Waals surface area (Å²) in [5.41, 5.74) is 2.39. The normalized spacial score (nSPS) is 17.0. The molecule has 1 saturated heterocycles. The fraction of sp³-hybridized carbons (Fsp3) is 0.450. The summed E-state index contributed by atoms with van der Waals surface area (Å²) in [6.07, 6.45) is 6.15. The zero-order chi connectivity index (χ0) is 17.9. The van der Waals surface area contributed by atoms with Crippen molar-refractivity contribution < 1.29 is 4.79 Å². The van der Waals surface area contributed by atoms with Gasteiger partial charge in [-0.15, -0.1) is 0 Å². The monoisotopic (exact) mass is 351 g/mol. The Morgan fingerprint density at radius 3 is 2.50 bits per heavy atom. The smallest absolute Gasteiger partial charge is 0.274 e. The van der Waals surface area contributed by atoms with Gasteiger partial charge in [0.2, 0.25) is 0 Å². The van der Waals surface area contributed by atoms with Crippen LogP contribution in [0.25, 0.3) is 0 Å². The summed E-state index contributed by atoms with van der Waals surface area (Å²) in [4.78, 5) is 23.6. The minimum absolute atomic E-state index is 0.208. The van der Waals surface area contributed by atoms with Gasteiger partial charge in [0.05, 0.1) is 0 Å². The van der Waals surface area contributed by atoms with E-state index in [1.165, 1.54) is 24.9 Å². The number of rotatable bonds is 5. The molecule has 2 aliphatic rings. The third-order valence-electron chi connectivity index (χ3n) is 4.85. The zero-order valence-electron chi connectivity index (χ0n) is 15.2. The molecule has 1 aromatic heterocycles. The summed E-state index contributed by atoms with van der Waals surface area (Å²) < 4.78 is 0. The van der Waals surface area contributed by atoms with Crippen LogP contribution in [0.5, 0.6) is 0 Å². The summed E-state index contributed by atoms with van der Waals surface area (Å²) in [6, 6.07) is 10.3. The van der Waals surface area contributed by atoms with Gasteiger partial charge in [0.1, 0.15) is 17.3 Å². The van der Waals surface area contributed by atoms with Gasteiger partial charge in [-0.05, 0) is 63.3 Å². The van der Waals surface area contributed by atoms with E-state index in [1.54, 1.807) is 6.07 Å². The molecule has 1 amide bonds. The number of hydrogen-bond donors (Lipinski definition) is 2. The first-order chi connectivity index (χ1) is 12.7. The number of nitrogens with one attached hydrogen (secondary N) is 2. The second-order valence-corrected chi connectivity index (χ2v) is 7.15. The van der Waals surface area contributed by atoms with Gasteiger partial charge in [-0.2, -0.15) is 0 Å². The highest BCUT2D eigenvalue weighted by Crippen LogP contribution is 2.24. The number of piperidine rings is 1. The predicted molar refractivity (Wildman–Crippen MR) is 104 cm³/mol. The molecule has 1 saturated carbocycles. The maximum Gasteiger partial charge on any atom is 0.274 e. The van der Waals surface area contributed by atoms with Gasteiger partial charge in [-0.25, -0.2) is 9.97 Å². The number of amides is 1. The minimum atomic E-state index is -0.208. The van der Waals surface area contributed by atoms with Crippen molar-refractivity contribution >= 4 is 23.1 Å². The lowest BCUT2D eigenvalue weighted by Gasteiger charge is -2.28. The molecular weight excluding hydrogens is 326 g/mol. The lowest BCUT2D eigenvalue weighted by atomic mass is 10.1. The van der Waals surface area contributed by atoms with Crippen molar-refractivity contribution in [2.75, 3.05) is 28.6 Å². The van der Waals surface area contributed by atoms with Crippen LogP contribution in [0.4, 0.5) is 17.2 Å². The van der Waals surface area contributed by atoms with Crippen molar-refractivity contribution in [3.63, 3.8) is 0 Å². The van der Waals surface area contributed by atoms with Gasteiger partial charge < -0.3 is 15.5 Å². The van der Waals surface area contributed by atoms with Crippen LogP contribution in [-0.4, -0.2) is 35.0 Å². The number of anilines is 3. The zero-order valence-corrected chi connectivity index (χ0v) is 15.2. The quantitative estimate of drug-likeness (QED) is 0.861. The van der Waals surface area contributed by atoms with Crippen LogP contribution < -0.4 is 15.5 Å². The van der Waals surface area contributed by atoms with Gasteiger partial charge >= 0.3 is 0 Å². The van der Waals surface area contributed by atoms with E-state index in [9.17, 15) is 4.79 Å². The van der Waals surface area contributed by atoms with Crippen molar-refractivity contribution in [2.24, 2.45) is 0 Å². The molecule has 0 atom stereocenters. The van der Waals surface area contributed by atoms with Crippen molar-refractivity contribution in [2.45, 2.75) is 45.1 Å². The molecule has 2 N–H and O–H groups in total. The summed E-state index contributed by atoms with van der Waals surface area (Å²) in [5, 5.41) is 6.26. The summed E-state index contributed by atoms with van der Waals surface area (Å²) >= 11 is 0. The Kier molecular flexibility index (Phi) is 4.73.